The zero-order valence-corrected chi connectivity index (χ0v) is 11.6. The molecule has 0 aliphatic rings. The van der Waals surface area contributed by atoms with E-state index in [4.69, 9.17) is 10.8 Å². The Labute approximate surface area is 112 Å². The topological polar surface area (TPSA) is 75.3 Å². The Hall–Kier alpha value is -1.20. The van der Waals surface area contributed by atoms with E-state index in [-0.39, 0.29) is 18.4 Å². The molecule has 1 unspecified atom stereocenters. The highest BCUT2D eigenvalue weighted by Crippen LogP contribution is 2.18. The van der Waals surface area contributed by atoms with Crippen LogP contribution in [0.1, 0.15) is 12.5 Å². The van der Waals surface area contributed by atoms with Crippen molar-refractivity contribution in [1.82, 2.24) is 0 Å². The predicted molar refractivity (Wildman–Crippen MR) is 77.8 cm³/mol. The number of nitrogens with two attached hydrogens (primary N) is 1. The number of nitrogens with one attached hydrogen (secondary N) is 1. The van der Waals surface area contributed by atoms with Gasteiger partial charge in [0, 0.05) is 18.0 Å². The van der Waals surface area contributed by atoms with Crippen LogP contribution in [0, 0.1) is 12.8 Å². The second-order valence-corrected chi connectivity index (χ2v) is 5.46. The number of carbonyl (C=O) groups excluding carboxylic acids is 1. The zero-order valence-electron chi connectivity index (χ0n) is 10.8. The number of rotatable bonds is 6. The first-order chi connectivity index (χ1) is 8.52. The van der Waals surface area contributed by atoms with E-state index < -0.39 is 0 Å². The first kappa shape index (κ1) is 14.9. The lowest BCUT2D eigenvalue weighted by Crippen LogP contribution is -2.16. The van der Waals surface area contributed by atoms with Crippen LogP contribution in [0.3, 0.4) is 0 Å². The number of amides is 1. The molecule has 18 heavy (non-hydrogen) atoms. The van der Waals surface area contributed by atoms with E-state index in [2.05, 4.69) is 5.32 Å². The van der Waals surface area contributed by atoms with Gasteiger partial charge in [0.05, 0.1) is 5.75 Å². The lowest BCUT2D eigenvalue weighted by molar-refractivity contribution is -0.113. The highest BCUT2D eigenvalue weighted by Gasteiger charge is 2.07. The van der Waals surface area contributed by atoms with Crippen molar-refractivity contribution in [3.05, 3.63) is 23.8 Å². The van der Waals surface area contributed by atoms with Crippen molar-refractivity contribution in [2.75, 3.05) is 29.2 Å². The van der Waals surface area contributed by atoms with Crippen molar-refractivity contribution in [2.45, 2.75) is 13.8 Å². The quantitative estimate of drug-likeness (QED) is 0.689. The van der Waals surface area contributed by atoms with Crippen LogP contribution >= 0.6 is 11.8 Å². The molecule has 0 spiro atoms. The van der Waals surface area contributed by atoms with Gasteiger partial charge in [-0.1, -0.05) is 13.0 Å². The Morgan fingerprint density at radius 3 is 2.94 bits per heavy atom. The molecule has 4 N–H and O–H groups in total. The third-order valence-electron chi connectivity index (χ3n) is 2.48. The maximum absolute atomic E-state index is 11.7. The number of thioether (sulfide) groups is 1. The normalized spacial score (nSPS) is 12.2. The van der Waals surface area contributed by atoms with Gasteiger partial charge in [-0.05, 0) is 36.3 Å². The minimum Gasteiger partial charge on any atom is -0.399 e. The standard InChI is InChI=1S/C13H20N2O2S/c1-9(6-16)7-18-8-13(17)15-12-5-11(14)4-3-10(12)2/h3-5,9,16H,6-8,14H2,1-2H3,(H,15,17). The van der Waals surface area contributed by atoms with Gasteiger partial charge in [-0.3, -0.25) is 4.79 Å². The van der Waals surface area contributed by atoms with Crippen LogP contribution in [-0.2, 0) is 4.79 Å². The zero-order chi connectivity index (χ0) is 13.5. The third kappa shape index (κ3) is 4.98. The van der Waals surface area contributed by atoms with E-state index in [9.17, 15) is 4.79 Å². The van der Waals surface area contributed by atoms with Crippen molar-refractivity contribution in [3.8, 4) is 0 Å². The molecule has 1 aromatic rings. The van der Waals surface area contributed by atoms with Gasteiger partial charge in [0.15, 0.2) is 0 Å². The number of anilines is 2. The van der Waals surface area contributed by atoms with Crippen molar-refractivity contribution in [2.24, 2.45) is 5.92 Å². The summed E-state index contributed by atoms with van der Waals surface area (Å²) in [6.07, 6.45) is 0. The van der Waals surface area contributed by atoms with Crippen LogP contribution in [0.5, 0.6) is 0 Å². The molecule has 0 saturated heterocycles. The van der Waals surface area contributed by atoms with E-state index in [0.29, 0.717) is 11.4 Å². The number of aliphatic hydroxyl groups is 1. The van der Waals surface area contributed by atoms with Crippen LogP contribution in [0.25, 0.3) is 0 Å². The highest BCUT2D eigenvalue weighted by molar-refractivity contribution is 7.99. The van der Waals surface area contributed by atoms with Crippen LogP contribution in [0.2, 0.25) is 0 Å². The third-order valence-corrected chi connectivity index (χ3v) is 3.75. The molecule has 0 bridgehead atoms. The SMILES string of the molecule is Cc1ccc(N)cc1NC(=O)CSCC(C)CO. The van der Waals surface area contributed by atoms with Gasteiger partial charge < -0.3 is 16.2 Å². The lowest BCUT2D eigenvalue weighted by atomic mass is 10.2. The van der Waals surface area contributed by atoms with Crippen molar-refractivity contribution in [1.29, 1.82) is 0 Å². The Balaban J connectivity index is 2.42. The summed E-state index contributed by atoms with van der Waals surface area (Å²) in [6, 6.07) is 5.45. The molecule has 0 radical (unpaired) electrons. The summed E-state index contributed by atoms with van der Waals surface area (Å²) in [5, 5.41) is 11.7. The molecule has 0 aliphatic heterocycles. The van der Waals surface area contributed by atoms with Gasteiger partial charge >= 0.3 is 0 Å². The minimum absolute atomic E-state index is 0.0427. The molecule has 1 rings (SSSR count). The summed E-state index contributed by atoms with van der Waals surface area (Å²) >= 11 is 1.52. The highest BCUT2D eigenvalue weighted by atomic mass is 32.2. The molecule has 1 amide bonds. The van der Waals surface area contributed by atoms with E-state index in [0.717, 1.165) is 17.0 Å². The summed E-state index contributed by atoms with van der Waals surface area (Å²) in [6.45, 7) is 4.03. The van der Waals surface area contributed by atoms with Crippen molar-refractivity contribution in [3.63, 3.8) is 0 Å². The fourth-order valence-corrected chi connectivity index (χ4v) is 2.25. The maximum atomic E-state index is 11.7. The van der Waals surface area contributed by atoms with Gasteiger partial charge in [0.25, 0.3) is 0 Å². The van der Waals surface area contributed by atoms with Crippen molar-refractivity contribution >= 4 is 29.0 Å². The van der Waals surface area contributed by atoms with E-state index >= 15 is 0 Å². The number of hydrogen-bond acceptors (Lipinski definition) is 4. The van der Waals surface area contributed by atoms with Crippen LogP contribution in [0.4, 0.5) is 11.4 Å². The van der Waals surface area contributed by atoms with Crippen LogP contribution < -0.4 is 11.1 Å². The maximum Gasteiger partial charge on any atom is 0.234 e. The van der Waals surface area contributed by atoms with E-state index in [1.54, 1.807) is 6.07 Å². The lowest BCUT2D eigenvalue weighted by Gasteiger charge is -2.10. The van der Waals surface area contributed by atoms with Gasteiger partial charge in [0.2, 0.25) is 5.91 Å². The fourth-order valence-electron chi connectivity index (χ4n) is 1.37. The largest absolute Gasteiger partial charge is 0.399 e. The number of benzene rings is 1. The van der Waals surface area contributed by atoms with Gasteiger partial charge in [0.1, 0.15) is 0 Å². The number of hydrogen-bond donors (Lipinski definition) is 3. The molecule has 0 heterocycles. The Morgan fingerprint density at radius 1 is 1.56 bits per heavy atom. The molecule has 5 heteroatoms. The van der Waals surface area contributed by atoms with E-state index in [1.165, 1.54) is 11.8 Å². The summed E-state index contributed by atoms with van der Waals surface area (Å²) in [4.78, 5) is 11.7. The Kier molecular flexibility index (Phi) is 6.01. The fraction of sp³-hybridized carbons (Fsp3) is 0.462. The minimum atomic E-state index is -0.0427. The average molecular weight is 268 g/mol. The molecule has 1 aromatic carbocycles. The van der Waals surface area contributed by atoms with Gasteiger partial charge in [-0.15, -0.1) is 0 Å². The summed E-state index contributed by atoms with van der Waals surface area (Å²) in [7, 11) is 0. The molecule has 1 atom stereocenters. The predicted octanol–water partition coefficient (Wildman–Crippen LogP) is 1.88. The Morgan fingerprint density at radius 2 is 2.28 bits per heavy atom. The summed E-state index contributed by atoms with van der Waals surface area (Å²) in [5.74, 6) is 1.34. The molecular formula is C13H20N2O2S. The monoisotopic (exact) mass is 268 g/mol. The molecule has 100 valence electrons. The second-order valence-electron chi connectivity index (χ2n) is 4.43. The molecule has 4 nitrogen and oxygen atoms in total. The van der Waals surface area contributed by atoms with Gasteiger partial charge in [-0.2, -0.15) is 11.8 Å². The first-order valence-electron chi connectivity index (χ1n) is 5.87. The van der Waals surface area contributed by atoms with Crippen LogP contribution in [0.15, 0.2) is 18.2 Å². The number of aliphatic hydroxyl groups excluding tert-OH is 1. The first-order valence-corrected chi connectivity index (χ1v) is 7.03. The molecule has 0 aromatic heterocycles. The van der Waals surface area contributed by atoms with Gasteiger partial charge in [-0.25, -0.2) is 0 Å². The number of carbonyl (C=O) groups is 1. The molecular weight excluding hydrogens is 248 g/mol. The number of aryl methyl sites for hydroxylation is 1. The molecule has 0 fully saturated rings. The summed E-state index contributed by atoms with van der Waals surface area (Å²) in [5.41, 5.74) is 8.07. The second kappa shape index (κ2) is 7.28. The smallest absolute Gasteiger partial charge is 0.234 e. The van der Waals surface area contributed by atoms with Crippen molar-refractivity contribution < 1.29 is 9.90 Å². The average Bonchev–Trinajstić information content (AvgIpc) is 2.33. The summed E-state index contributed by atoms with van der Waals surface area (Å²) < 4.78 is 0. The molecule has 0 saturated carbocycles. The Bertz CT molecular complexity index is 410. The van der Waals surface area contributed by atoms with E-state index in [1.807, 2.05) is 26.0 Å². The van der Waals surface area contributed by atoms with Crippen LogP contribution in [-0.4, -0.2) is 29.1 Å². The number of nitrogen functional groups attached to an aromatic ring is 1. The molecule has 0 aliphatic carbocycles.